The van der Waals surface area contributed by atoms with Gasteiger partial charge in [0.25, 0.3) is 0 Å². The van der Waals surface area contributed by atoms with Gasteiger partial charge in [-0.05, 0) is 44.0 Å². The summed E-state index contributed by atoms with van der Waals surface area (Å²) in [6.07, 6.45) is 6.09. The van der Waals surface area contributed by atoms with E-state index in [2.05, 4.69) is 21.4 Å². The van der Waals surface area contributed by atoms with Crippen LogP contribution in [0.3, 0.4) is 0 Å². The Morgan fingerprint density at radius 1 is 1.00 bits per heavy atom. The Bertz CT molecular complexity index is 1280. The summed E-state index contributed by atoms with van der Waals surface area (Å²) in [6.45, 7) is 5.76. The molecule has 0 amide bonds. The van der Waals surface area contributed by atoms with Gasteiger partial charge in [0.15, 0.2) is 22.8 Å². The van der Waals surface area contributed by atoms with E-state index in [0.717, 1.165) is 72.2 Å². The Hall–Kier alpha value is -3.52. The molecule has 168 valence electrons. The third kappa shape index (κ3) is 3.80. The summed E-state index contributed by atoms with van der Waals surface area (Å²) in [4.78, 5) is 21.6. The number of benzene rings is 1. The molecule has 0 atom stereocenters. The Labute approximate surface area is 192 Å². The van der Waals surface area contributed by atoms with Crippen LogP contribution in [0.1, 0.15) is 19.8 Å². The number of aromatic nitrogens is 5. The molecule has 1 saturated heterocycles. The van der Waals surface area contributed by atoms with Crippen LogP contribution in [0, 0.1) is 0 Å². The largest absolute Gasteiger partial charge is 0.490 e. The van der Waals surface area contributed by atoms with E-state index in [4.69, 9.17) is 24.4 Å². The number of para-hydroxylation sites is 1. The van der Waals surface area contributed by atoms with E-state index < -0.39 is 0 Å². The summed E-state index contributed by atoms with van der Waals surface area (Å²) >= 11 is 0. The molecule has 6 rings (SSSR count). The summed E-state index contributed by atoms with van der Waals surface area (Å²) in [5.41, 5.74) is 3.57. The lowest BCUT2D eigenvalue weighted by molar-refractivity contribution is 0.122. The maximum atomic E-state index is 6.20. The molecule has 1 aliphatic heterocycles. The number of imidazole rings is 1. The van der Waals surface area contributed by atoms with Crippen molar-refractivity contribution in [3.05, 3.63) is 48.8 Å². The Kier molecular flexibility index (Phi) is 5.14. The summed E-state index contributed by atoms with van der Waals surface area (Å²) in [5, 5.41) is 0. The van der Waals surface area contributed by atoms with Crippen LogP contribution in [0.5, 0.6) is 5.75 Å². The zero-order valence-corrected chi connectivity index (χ0v) is 18.6. The van der Waals surface area contributed by atoms with Gasteiger partial charge >= 0.3 is 0 Å². The number of ether oxygens (including phenoxy) is 2. The van der Waals surface area contributed by atoms with Gasteiger partial charge in [-0.3, -0.25) is 4.98 Å². The first-order chi connectivity index (χ1) is 16.3. The second-order valence-corrected chi connectivity index (χ2v) is 8.37. The fourth-order valence-electron chi connectivity index (χ4n) is 4.24. The van der Waals surface area contributed by atoms with Crippen molar-refractivity contribution in [3.8, 4) is 28.5 Å². The number of aryl methyl sites for hydroxylation is 1. The molecule has 1 aromatic carbocycles. The zero-order valence-electron chi connectivity index (χ0n) is 18.6. The van der Waals surface area contributed by atoms with Crippen LogP contribution in [0.15, 0.2) is 48.8 Å². The van der Waals surface area contributed by atoms with E-state index in [1.54, 1.807) is 12.4 Å². The molecule has 33 heavy (non-hydrogen) atoms. The Morgan fingerprint density at radius 3 is 2.55 bits per heavy atom. The first-order valence-corrected chi connectivity index (χ1v) is 11.6. The second-order valence-electron chi connectivity index (χ2n) is 8.37. The van der Waals surface area contributed by atoms with Gasteiger partial charge in [-0.1, -0.05) is 12.1 Å². The normalized spacial score (nSPS) is 16.3. The van der Waals surface area contributed by atoms with Gasteiger partial charge in [0.2, 0.25) is 0 Å². The van der Waals surface area contributed by atoms with Crippen molar-refractivity contribution in [1.82, 2.24) is 24.5 Å². The maximum Gasteiger partial charge on any atom is 0.167 e. The number of fused-ring (bicyclic) bond motifs is 1. The molecule has 0 spiro atoms. The van der Waals surface area contributed by atoms with Gasteiger partial charge in [-0.2, -0.15) is 0 Å². The molecule has 0 bridgehead atoms. The van der Waals surface area contributed by atoms with E-state index in [1.165, 1.54) is 0 Å². The predicted octanol–water partition coefficient (Wildman–Crippen LogP) is 3.95. The molecule has 0 radical (unpaired) electrons. The van der Waals surface area contributed by atoms with E-state index in [1.807, 2.05) is 36.4 Å². The monoisotopic (exact) mass is 442 g/mol. The van der Waals surface area contributed by atoms with Gasteiger partial charge in [0.05, 0.1) is 24.9 Å². The molecule has 4 heterocycles. The molecule has 3 aromatic heterocycles. The topological polar surface area (TPSA) is 78.2 Å². The number of hydrogen-bond acceptors (Lipinski definition) is 7. The highest BCUT2D eigenvalue weighted by Gasteiger charge is 2.27. The molecule has 0 N–H and O–H groups in total. The molecule has 8 heteroatoms. The average molecular weight is 443 g/mol. The standard InChI is InChI=1S/C25H26N6O2/c1-2-31-23(17-9-11-26-12-10-17)27-21-24(30-13-15-32-16-14-30)28-22(29-25(21)31)19-5-3-4-6-20(19)33-18-7-8-18/h3-6,9-12,18H,2,7-8,13-16H2,1H3. The van der Waals surface area contributed by atoms with Crippen molar-refractivity contribution in [2.45, 2.75) is 32.4 Å². The fourth-order valence-corrected chi connectivity index (χ4v) is 4.24. The Morgan fingerprint density at radius 2 is 1.79 bits per heavy atom. The molecule has 2 fully saturated rings. The second kappa shape index (κ2) is 8.44. The highest BCUT2D eigenvalue weighted by Crippen LogP contribution is 2.36. The molecule has 1 aliphatic carbocycles. The SMILES string of the molecule is CCn1c(-c2ccncc2)nc2c(N3CCOCC3)nc(-c3ccccc3OC3CC3)nc21. The van der Waals surface area contributed by atoms with Crippen molar-refractivity contribution in [1.29, 1.82) is 0 Å². The van der Waals surface area contributed by atoms with Crippen LogP contribution in [-0.4, -0.2) is 56.9 Å². The van der Waals surface area contributed by atoms with Crippen molar-refractivity contribution >= 4 is 17.0 Å². The van der Waals surface area contributed by atoms with Crippen LogP contribution in [0.2, 0.25) is 0 Å². The minimum absolute atomic E-state index is 0.299. The maximum absolute atomic E-state index is 6.20. The summed E-state index contributed by atoms with van der Waals surface area (Å²) < 4.78 is 14.0. The molecule has 8 nitrogen and oxygen atoms in total. The number of anilines is 1. The van der Waals surface area contributed by atoms with E-state index >= 15 is 0 Å². The number of nitrogens with zero attached hydrogens (tertiary/aromatic N) is 6. The molecule has 0 unspecified atom stereocenters. The summed E-state index contributed by atoms with van der Waals surface area (Å²) in [5.74, 6) is 3.22. The lowest BCUT2D eigenvalue weighted by Gasteiger charge is -2.28. The van der Waals surface area contributed by atoms with Crippen LogP contribution < -0.4 is 9.64 Å². The van der Waals surface area contributed by atoms with Crippen LogP contribution >= 0.6 is 0 Å². The number of morpholine rings is 1. The summed E-state index contributed by atoms with van der Waals surface area (Å²) in [6, 6.07) is 12.0. The van der Waals surface area contributed by atoms with Crippen LogP contribution in [-0.2, 0) is 11.3 Å². The predicted molar refractivity (Wildman–Crippen MR) is 126 cm³/mol. The third-order valence-electron chi connectivity index (χ3n) is 6.09. The molecule has 1 saturated carbocycles. The van der Waals surface area contributed by atoms with Crippen molar-refractivity contribution < 1.29 is 9.47 Å². The van der Waals surface area contributed by atoms with E-state index in [0.29, 0.717) is 25.1 Å². The molecular weight excluding hydrogens is 416 g/mol. The highest BCUT2D eigenvalue weighted by molar-refractivity contribution is 5.89. The third-order valence-corrected chi connectivity index (χ3v) is 6.09. The van der Waals surface area contributed by atoms with Gasteiger partial charge in [0.1, 0.15) is 11.6 Å². The summed E-state index contributed by atoms with van der Waals surface area (Å²) in [7, 11) is 0. The fraction of sp³-hybridized carbons (Fsp3) is 0.360. The van der Waals surface area contributed by atoms with Crippen LogP contribution in [0.25, 0.3) is 33.9 Å². The van der Waals surface area contributed by atoms with Crippen molar-refractivity contribution in [2.24, 2.45) is 0 Å². The minimum atomic E-state index is 0.299. The van der Waals surface area contributed by atoms with Gasteiger partial charge in [-0.15, -0.1) is 0 Å². The zero-order chi connectivity index (χ0) is 22.2. The van der Waals surface area contributed by atoms with Crippen LogP contribution in [0.4, 0.5) is 5.82 Å². The lowest BCUT2D eigenvalue weighted by Crippen LogP contribution is -2.37. The minimum Gasteiger partial charge on any atom is -0.490 e. The molecular formula is C25H26N6O2. The van der Waals surface area contributed by atoms with Crippen molar-refractivity contribution in [2.75, 3.05) is 31.2 Å². The number of hydrogen-bond donors (Lipinski definition) is 0. The molecule has 4 aromatic rings. The first kappa shape index (κ1) is 20.1. The number of rotatable bonds is 6. The van der Waals surface area contributed by atoms with Crippen molar-refractivity contribution in [3.63, 3.8) is 0 Å². The average Bonchev–Trinajstić information content (AvgIpc) is 3.61. The quantitative estimate of drug-likeness (QED) is 0.447. The Balaban J connectivity index is 1.57. The highest BCUT2D eigenvalue weighted by atomic mass is 16.5. The number of pyridine rings is 1. The van der Waals surface area contributed by atoms with E-state index in [9.17, 15) is 0 Å². The molecule has 2 aliphatic rings. The van der Waals surface area contributed by atoms with Gasteiger partial charge in [0, 0.05) is 37.6 Å². The van der Waals surface area contributed by atoms with Gasteiger partial charge in [-0.25, -0.2) is 15.0 Å². The smallest absolute Gasteiger partial charge is 0.167 e. The van der Waals surface area contributed by atoms with Gasteiger partial charge < -0.3 is 18.9 Å². The van der Waals surface area contributed by atoms with E-state index in [-0.39, 0.29) is 0 Å². The lowest BCUT2D eigenvalue weighted by atomic mass is 10.2. The first-order valence-electron chi connectivity index (χ1n) is 11.6.